The van der Waals surface area contributed by atoms with E-state index in [1.807, 2.05) is 0 Å². The van der Waals surface area contributed by atoms with Crippen molar-refractivity contribution in [2.75, 3.05) is 0 Å². The molecular weight excluding hydrogens is 168 g/mol. The summed E-state index contributed by atoms with van der Waals surface area (Å²) in [5, 5.41) is 17.0. The third-order valence-corrected chi connectivity index (χ3v) is 1.63. The number of carbonyl (C=O) groups is 1. The summed E-state index contributed by atoms with van der Waals surface area (Å²) in [7, 11) is 1.78. The summed E-state index contributed by atoms with van der Waals surface area (Å²) in [5.74, 6) is -1.20. The molecule has 1 heterocycles. The highest BCUT2D eigenvalue weighted by Crippen LogP contribution is 2.06. The van der Waals surface area contributed by atoms with Crippen LogP contribution in [0, 0.1) is 11.3 Å². The molecule has 0 amide bonds. The molecule has 66 valence electrons. The van der Waals surface area contributed by atoms with E-state index >= 15 is 0 Å². The van der Waals surface area contributed by atoms with Gasteiger partial charge in [0.05, 0.1) is 0 Å². The summed E-state index contributed by atoms with van der Waals surface area (Å²) in [6.45, 7) is 0. The molecular formula is C9H8N2O2. The highest BCUT2D eigenvalue weighted by Gasteiger charge is 2.06. The first-order chi connectivity index (χ1) is 6.15. The molecule has 0 aliphatic rings. The third kappa shape index (κ3) is 1.97. The van der Waals surface area contributed by atoms with Crippen molar-refractivity contribution in [2.45, 2.75) is 0 Å². The van der Waals surface area contributed by atoms with Crippen molar-refractivity contribution < 1.29 is 9.90 Å². The van der Waals surface area contributed by atoms with Crippen LogP contribution in [-0.4, -0.2) is 15.6 Å². The first-order valence-electron chi connectivity index (χ1n) is 3.61. The van der Waals surface area contributed by atoms with Crippen LogP contribution in [0.3, 0.4) is 0 Å². The van der Waals surface area contributed by atoms with Gasteiger partial charge >= 0.3 is 5.97 Å². The monoisotopic (exact) mass is 176 g/mol. The molecule has 1 rings (SSSR count). The first kappa shape index (κ1) is 9.07. The molecule has 0 aliphatic carbocycles. The standard InChI is InChI=1S/C9H8N2O2/c1-11-4-2-3-8(11)5-7(6-10)9(12)13/h2-5H,1H3,(H,12,13). The number of aryl methyl sites for hydroxylation is 1. The zero-order valence-corrected chi connectivity index (χ0v) is 7.06. The van der Waals surface area contributed by atoms with Gasteiger partial charge in [0.25, 0.3) is 0 Å². The van der Waals surface area contributed by atoms with Gasteiger partial charge in [-0.05, 0) is 18.2 Å². The molecule has 0 saturated carbocycles. The second-order valence-corrected chi connectivity index (χ2v) is 2.52. The topological polar surface area (TPSA) is 66.0 Å². The molecule has 0 fully saturated rings. The number of nitrogens with zero attached hydrogens (tertiary/aromatic N) is 2. The van der Waals surface area contributed by atoms with Gasteiger partial charge in [-0.25, -0.2) is 4.79 Å². The Morgan fingerprint density at radius 3 is 2.85 bits per heavy atom. The molecule has 4 heteroatoms. The molecule has 0 radical (unpaired) electrons. The zero-order valence-electron chi connectivity index (χ0n) is 7.06. The van der Waals surface area contributed by atoms with E-state index in [-0.39, 0.29) is 5.57 Å². The first-order valence-corrected chi connectivity index (χ1v) is 3.61. The maximum atomic E-state index is 10.5. The molecule has 1 N–H and O–H groups in total. The molecule has 4 nitrogen and oxygen atoms in total. The fourth-order valence-corrected chi connectivity index (χ4v) is 0.914. The van der Waals surface area contributed by atoms with Crippen LogP contribution in [-0.2, 0) is 11.8 Å². The predicted molar refractivity (Wildman–Crippen MR) is 46.6 cm³/mol. The smallest absolute Gasteiger partial charge is 0.346 e. The minimum Gasteiger partial charge on any atom is -0.477 e. The average molecular weight is 176 g/mol. The summed E-state index contributed by atoms with van der Waals surface area (Å²) >= 11 is 0. The van der Waals surface area contributed by atoms with Gasteiger partial charge in [0, 0.05) is 18.9 Å². The average Bonchev–Trinajstić information content (AvgIpc) is 2.46. The number of rotatable bonds is 2. The second kappa shape index (κ2) is 3.59. The zero-order chi connectivity index (χ0) is 9.84. The van der Waals surface area contributed by atoms with Crippen molar-refractivity contribution in [2.24, 2.45) is 7.05 Å². The van der Waals surface area contributed by atoms with E-state index in [2.05, 4.69) is 0 Å². The van der Waals surface area contributed by atoms with Crippen LogP contribution in [0.1, 0.15) is 5.69 Å². The predicted octanol–water partition coefficient (Wildman–Crippen LogP) is 1.02. The van der Waals surface area contributed by atoms with Crippen molar-refractivity contribution in [3.05, 3.63) is 29.6 Å². The van der Waals surface area contributed by atoms with Gasteiger partial charge in [-0.1, -0.05) is 0 Å². The Morgan fingerprint density at radius 2 is 2.46 bits per heavy atom. The van der Waals surface area contributed by atoms with Gasteiger partial charge < -0.3 is 9.67 Å². The molecule has 0 aromatic carbocycles. The van der Waals surface area contributed by atoms with Gasteiger partial charge in [0.1, 0.15) is 11.6 Å². The van der Waals surface area contributed by atoms with Crippen molar-refractivity contribution in [1.82, 2.24) is 4.57 Å². The number of hydrogen-bond acceptors (Lipinski definition) is 2. The van der Waals surface area contributed by atoms with Crippen LogP contribution in [0.25, 0.3) is 6.08 Å². The second-order valence-electron chi connectivity index (χ2n) is 2.52. The fourth-order valence-electron chi connectivity index (χ4n) is 0.914. The van der Waals surface area contributed by atoms with Gasteiger partial charge in [0.2, 0.25) is 0 Å². The quantitative estimate of drug-likeness (QED) is 0.540. The SMILES string of the molecule is Cn1cccc1C=C(C#N)C(=O)O. The Bertz CT molecular complexity index is 396. The van der Waals surface area contributed by atoms with E-state index < -0.39 is 5.97 Å². The van der Waals surface area contributed by atoms with E-state index in [4.69, 9.17) is 10.4 Å². The van der Waals surface area contributed by atoms with E-state index in [0.29, 0.717) is 5.69 Å². The summed E-state index contributed by atoms with van der Waals surface area (Å²) in [6, 6.07) is 5.13. The van der Waals surface area contributed by atoms with E-state index in [0.717, 1.165) is 0 Å². The third-order valence-electron chi connectivity index (χ3n) is 1.63. The molecule has 0 unspecified atom stereocenters. The lowest BCUT2D eigenvalue weighted by Crippen LogP contribution is -1.98. The van der Waals surface area contributed by atoms with E-state index in [1.165, 1.54) is 6.08 Å². The van der Waals surface area contributed by atoms with Crippen molar-refractivity contribution in [3.8, 4) is 6.07 Å². The Balaban J connectivity index is 3.07. The highest BCUT2D eigenvalue weighted by molar-refractivity contribution is 5.96. The minimum absolute atomic E-state index is 0.262. The van der Waals surface area contributed by atoms with Crippen LogP contribution >= 0.6 is 0 Å². The number of carboxylic acids is 1. The number of aliphatic carboxylic acids is 1. The van der Waals surface area contributed by atoms with Gasteiger partial charge in [-0.2, -0.15) is 5.26 Å². The Morgan fingerprint density at radius 1 is 1.77 bits per heavy atom. The molecule has 0 bridgehead atoms. The van der Waals surface area contributed by atoms with E-state index in [1.54, 1.807) is 36.0 Å². The Hall–Kier alpha value is -2.02. The van der Waals surface area contributed by atoms with Gasteiger partial charge in [0.15, 0.2) is 0 Å². The van der Waals surface area contributed by atoms with Crippen molar-refractivity contribution in [1.29, 1.82) is 5.26 Å². The maximum absolute atomic E-state index is 10.5. The number of hydrogen-bond donors (Lipinski definition) is 1. The lowest BCUT2D eigenvalue weighted by molar-refractivity contribution is -0.132. The lowest BCUT2D eigenvalue weighted by atomic mass is 10.2. The van der Waals surface area contributed by atoms with Crippen LogP contribution in [0.2, 0.25) is 0 Å². The van der Waals surface area contributed by atoms with Crippen molar-refractivity contribution >= 4 is 12.0 Å². The molecule has 0 spiro atoms. The Labute approximate surface area is 75.3 Å². The molecule has 1 aromatic rings. The maximum Gasteiger partial charge on any atom is 0.346 e. The van der Waals surface area contributed by atoms with Crippen LogP contribution < -0.4 is 0 Å². The summed E-state index contributed by atoms with van der Waals surface area (Å²) in [4.78, 5) is 10.5. The van der Waals surface area contributed by atoms with Crippen LogP contribution in [0.4, 0.5) is 0 Å². The molecule has 0 atom stereocenters. The summed E-state index contributed by atoms with van der Waals surface area (Å²) in [6.07, 6.45) is 3.12. The normalized spacial score (nSPS) is 10.9. The molecule has 1 aromatic heterocycles. The largest absolute Gasteiger partial charge is 0.477 e. The summed E-state index contributed by atoms with van der Waals surface area (Å²) < 4.78 is 1.74. The number of aromatic nitrogens is 1. The molecule has 13 heavy (non-hydrogen) atoms. The van der Waals surface area contributed by atoms with Crippen molar-refractivity contribution in [3.63, 3.8) is 0 Å². The highest BCUT2D eigenvalue weighted by atomic mass is 16.4. The Kier molecular flexibility index (Phi) is 2.50. The molecule has 0 saturated heterocycles. The van der Waals surface area contributed by atoms with Gasteiger partial charge in [-0.15, -0.1) is 0 Å². The number of nitriles is 1. The van der Waals surface area contributed by atoms with E-state index in [9.17, 15) is 4.79 Å². The van der Waals surface area contributed by atoms with Gasteiger partial charge in [-0.3, -0.25) is 0 Å². The van der Waals surface area contributed by atoms with Crippen LogP contribution in [0.15, 0.2) is 23.9 Å². The number of carboxylic acid groups (broad SMARTS) is 1. The fraction of sp³-hybridized carbons (Fsp3) is 0.111. The summed E-state index contributed by atoms with van der Waals surface area (Å²) in [5.41, 5.74) is 0.431. The van der Waals surface area contributed by atoms with Crippen LogP contribution in [0.5, 0.6) is 0 Å². The lowest BCUT2D eigenvalue weighted by Gasteiger charge is -1.95. The molecule has 0 aliphatic heterocycles. The minimum atomic E-state index is -1.20.